The van der Waals surface area contributed by atoms with E-state index in [0.717, 1.165) is 6.92 Å². The van der Waals surface area contributed by atoms with Gasteiger partial charge in [-0.15, -0.1) is 0 Å². The fourth-order valence-electron chi connectivity index (χ4n) is 0.875. The summed E-state index contributed by atoms with van der Waals surface area (Å²) in [6, 6.07) is 2.76. The van der Waals surface area contributed by atoms with Crippen LogP contribution in [0.15, 0.2) is 18.3 Å². The van der Waals surface area contributed by atoms with E-state index in [1.54, 1.807) is 0 Å². The first kappa shape index (κ1) is 12.7. The van der Waals surface area contributed by atoms with Crippen LogP contribution >= 0.6 is 12.2 Å². The molecule has 2 N–H and O–H groups in total. The second-order valence-electron chi connectivity index (χ2n) is 3.05. The molecule has 1 aromatic rings. The largest absolute Gasteiger partial charge is 0.465 e. The Bertz CT molecular complexity index is 395. The lowest BCUT2D eigenvalue weighted by atomic mass is 10.3. The maximum Gasteiger partial charge on any atom is 0.425 e. The predicted octanol–water partition coefficient (Wildman–Crippen LogP) is 2.05. The molecule has 3 nitrogen and oxygen atoms in total. The highest BCUT2D eigenvalue weighted by atomic mass is 32.1. The number of hydrogen-bond donors (Lipinski definition) is 1. The lowest BCUT2D eigenvalue weighted by molar-refractivity contribution is -0.189. The van der Waals surface area contributed by atoms with Gasteiger partial charge in [0.2, 0.25) is 5.88 Å². The van der Waals surface area contributed by atoms with Crippen molar-refractivity contribution in [1.82, 2.24) is 4.98 Å². The maximum absolute atomic E-state index is 12.2. The molecule has 0 aromatic carbocycles. The molecule has 0 spiro atoms. The first-order valence-electron chi connectivity index (χ1n) is 4.30. The van der Waals surface area contributed by atoms with E-state index >= 15 is 0 Å². The van der Waals surface area contributed by atoms with E-state index in [0.29, 0.717) is 5.56 Å². The molecule has 0 radical (unpaired) electrons. The van der Waals surface area contributed by atoms with Crippen molar-refractivity contribution in [1.29, 1.82) is 0 Å². The van der Waals surface area contributed by atoms with Gasteiger partial charge in [-0.25, -0.2) is 4.98 Å². The van der Waals surface area contributed by atoms with Crippen molar-refractivity contribution >= 4 is 17.2 Å². The Kier molecular flexibility index (Phi) is 3.69. The van der Waals surface area contributed by atoms with E-state index in [9.17, 15) is 13.2 Å². The molecule has 0 aliphatic rings. The molecule has 7 heteroatoms. The number of ether oxygens (including phenoxy) is 1. The van der Waals surface area contributed by atoms with Gasteiger partial charge in [0.15, 0.2) is 6.10 Å². The maximum atomic E-state index is 12.2. The van der Waals surface area contributed by atoms with Crippen LogP contribution in [0.1, 0.15) is 12.5 Å². The van der Waals surface area contributed by atoms with Crippen molar-refractivity contribution in [3.8, 4) is 5.88 Å². The van der Waals surface area contributed by atoms with Crippen LogP contribution in [0.2, 0.25) is 0 Å². The summed E-state index contributed by atoms with van der Waals surface area (Å²) in [6.45, 7) is 0.898. The van der Waals surface area contributed by atoms with Crippen LogP contribution in [-0.2, 0) is 0 Å². The quantitative estimate of drug-likeness (QED) is 0.834. The molecule has 1 heterocycles. The number of pyridine rings is 1. The van der Waals surface area contributed by atoms with Gasteiger partial charge >= 0.3 is 6.18 Å². The zero-order valence-corrected chi connectivity index (χ0v) is 9.10. The highest BCUT2D eigenvalue weighted by molar-refractivity contribution is 7.80. The molecule has 1 rings (SSSR count). The summed E-state index contributed by atoms with van der Waals surface area (Å²) in [5, 5.41) is 0. The number of thiocarbonyl (C=S) groups is 1. The molecule has 0 aliphatic heterocycles. The summed E-state index contributed by atoms with van der Waals surface area (Å²) >= 11 is 4.68. The molecular weight excluding hydrogens is 241 g/mol. The molecule has 0 saturated heterocycles. The van der Waals surface area contributed by atoms with Gasteiger partial charge in [0.25, 0.3) is 0 Å². The normalized spacial score (nSPS) is 13.2. The van der Waals surface area contributed by atoms with E-state index in [4.69, 9.17) is 5.73 Å². The molecule has 1 atom stereocenters. The van der Waals surface area contributed by atoms with Crippen molar-refractivity contribution in [2.75, 3.05) is 0 Å². The van der Waals surface area contributed by atoms with Gasteiger partial charge in [-0.2, -0.15) is 13.2 Å². The molecule has 1 unspecified atom stereocenters. The minimum atomic E-state index is -4.43. The molecule has 88 valence electrons. The predicted molar refractivity (Wildman–Crippen MR) is 56.3 cm³/mol. The van der Waals surface area contributed by atoms with Gasteiger partial charge in [-0.3, -0.25) is 0 Å². The summed E-state index contributed by atoms with van der Waals surface area (Å²) in [7, 11) is 0. The molecule has 0 bridgehead atoms. The average molecular weight is 250 g/mol. The zero-order chi connectivity index (χ0) is 12.3. The third-order valence-electron chi connectivity index (χ3n) is 1.78. The summed E-state index contributed by atoms with van der Waals surface area (Å²) in [5.74, 6) is -0.157. The highest BCUT2D eigenvalue weighted by Crippen LogP contribution is 2.24. The van der Waals surface area contributed by atoms with Gasteiger partial charge in [-0.1, -0.05) is 12.2 Å². The molecule has 0 fully saturated rings. The van der Waals surface area contributed by atoms with E-state index in [-0.39, 0.29) is 10.9 Å². The average Bonchev–Trinajstić information content (AvgIpc) is 2.16. The Morgan fingerprint density at radius 3 is 2.69 bits per heavy atom. The SMILES string of the molecule is CC(Oc1cc(C(N)=S)ccn1)C(F)(F)F. The van der Waals surface area contributed by atoms with Gasteiger partial charge < -0.3 is 10.5 Å². The number of aromatic nitrogens is 1. The van der Waals surface area contributed by atoms with Gasteiger partial charge in [0.1, 0.15) is 4.99 Å². The number of nitrogens with two attached hydrogens (primary N) is 1. The van der Waals surface area contributed by atoms with Crippen LogP contribution in [0.3, 0.4) is 0 Å². The highest BCUT2D eigenvalue weighted by Gasteiger charge is 2.38. The second-order valence-corrected chi connectivity index (χ2v) is 3.49. The monoisotopic (exact) mass is 250 g/mol. The fraction of sp³-hybridized carbons (Fsp3) is 0.333. The standard InChI is InChI=1S/C9H9F3N2OS/c1-5(9(10,11)12)15-7-4-6(8(13)16)2-3-14-7/h2-5H,1H3,(H2,13,16). The van der Waals surface area contributed by atoms with Crippen molar-refractivity contribution in [3.63, 3.8) is 0 Å². The molecule has 0 saturated carbocycles. The van der Waals surface area contributed by atoms with Crippen LogP contribution in [0, 0.1) is 0 Å². The topological polar surface area (TPSA) is 48.1 Å². The summed E-state index contributed by atoms with van der Waals surface area (Å²) < 4.78 is 41.2. The number of hydrogen-bond acceptors (Lipinski definition) is 3. The molecule has 0 aliphatic carbocycles. The smallest absolute Gasteiger partial charge is 0.425 e. The van der Waals surface area contributed by atoms with Crippen LogP contribution in [0.25, 0.3) is 0 Å². The van der Waals surface area contributed by atoms with Crippen LogP contribution in [-0.4, -0.2) is 22.3 Å². The summed E-state index contributed by atoms with van der Waals surface area (Å²) in [5.41, 5.74) is 5.74. The molecule has 16 heavy (non-hydrogen) atoms. The van der Waals surface area contributed by atoms with E-state index in [2.05, 4.69) is 21.9 Å². The van der Waals surface area contributed by atoms with Gasteiger partial charge in [0, 0.05) is 17.8 Å². The number of nitrogens with zero attached hydrogens (tertiary/aromatic N) is 1. The Labute approximate surface area is 95.4 Å². The lowest BCUT2D eigenvalue weighted by Gasteiger charge is -2.16. The van der Waals surface area contributed by atoms with Crippen molar-refractivity contribution in [2.45, 2.75) is 19.2 Å². The van der Waals surface area contributed by atoms with Gasteiger partial charge in [0.05, 0.1) is 0 Å². The Balaban J connectivity index is 2.82. The molecule has 1 aromatic heterocycles. The van der Waals surface area contributed by atoms with Crippen LogP contribution in [0.5, 0.6) is 5.88 Å². The number of halogens is 3. The molecular formula is C9H9F3N2OS. The van der Waals surface area contributed by atoms with Crippen LogP contribution in [0.4, 0.5) is 13.2 Å². The third kappa shape index (κ3) is 3.34. The Morgan fingerprint density at radius 2 is 2.19 bits per heavy atom. The van der Waals surface area contributed by atoms with E-state index in [1.807, 2.05) is 0 Å². The second kappa shape index (κ2) is 4.65. The lowest BCUT2D eigenvalue weighted by Crippen LogP contribution is -2.31. The number of alkyl halides is 3. The summed E-state index contributed by atoms with van der Waals surface area (Å²) in [6.07, 6.45) is -5.07. The fourth-order valence-corrected chi connectivity index (χ4v) is 1.00. The van der Waals surface area contributed by atoms with E-state index < -0.39 is 12.3 Å². The van der Waals surface area contributed by atoms with Crippen molar-refractivity contribution < 1.29 is 17.9 Å². The van der Waals surface area contributed by atoms with Crippen molar-refractivity contribution in [2.24, 2.45) is 5.73 Å². The third-order valence-corrected chi connectivity index (χ3v) is 2.01. The first-order valence-corrected chi connectivity index (χ1v) is 4.71. The Hall–Kier alpha value is -1.37. The van der Waals surface area contributed by atoms with Crippen LogP contribution < -0.4 is 10.5 Å². The number of rotatable bonds is 3. The summed E-state index contributed by atoms with van der Waals surface area (Å²) in [4.78, 5) is 3.71. The minimum Gasteiger partial charge on any atom is -0.465 e. The Morgan fingerprint density at radius 1 is 1.56 bits per heavy atom. The minimum absolute atomic E-state index is 0.0758. The first-order chi connectivity index (χ1) is 7.30. The van der Waals surface area contributed by atoms with E-state index in [1.165, 1.54) is 18.3 Å². The zero-order valence-electron chi connectivity index (χ0n) is 8.28. The van der Waals surface area contributed by atoms with Gasteiger partial charge in [-0.05, 0) is 13.0 Å². The molecule has 0 amide bonds. The van der Waals surface area contributed by atoms with Crippen molar-refractivity contribution in [3.05, 3.63) is 23.9 Å².